The second-order valence-corrected chi connectivity index (χ2v) is 36.2. The summed E-state index contributed by atoms with van der Waals surface area (Å²) in [6, 6.07) is 200. The van der Waals surface area contributed by atoms with Gasteiger partial charge in [0.1, 0.15) is 0 Å². The second-order valence-electron chi connectivity index (χ2n) is 36.2. The predicted molar refractivity (Wildman–Crippen MR) is 595 cm³/mol. The Bertz CT molecular complexity index is 9210. The average molecular weight is 1750 g/mol. The molecule has 0 heterocycles. The van der Waals surface area contributed by atoms with Gasteiger partial charge in [0.25, 0.3) is 0 Å². The summed E-state index contributed by atoms with van der Waals surface area (Å²) in [7, 11) is 0. The van der Waals surface area contributed by atoms with Crippen LogP contribution in [0.2, 0.25) is 0 Å². The molecule has 0 radical (unpaired) electrons. The van der Waals surface area contributed by atoms with Gasteiger partial charge in [0.05, 0.1) is 0 Å². The quantitative estimate of drug-likeness (QED) is 0.107. The van der Waals surface area contributed by atoms with E-state index in [0.717, 1.165) is 0 Å². The topological polar surface area (TPSA) is 0 Å². The lowest BCUT2D eigenvalue weighted by Crippen LogP contribution is -1.94. The van der Waals surface area contributed by atoms with Gasteiger partial charge in [-0.05, 0) is 305 Å². The first kappa shape index (κ1) is 82.0. The third-order valence-corrected chi connectivity index (χ3v) is 28.3. The van der Waals surface area contributed by atoms with Gasteiger partial charge in [-0.3, -0.25) is 0 Å². The van der Waals surface area contributed by atoms with E-state index in [-0.39, 0.29) is 0 Å². The molecule has 0 nitrogen and oxygen atoms in total. The second kappa shape index (κ2) is 35.5. The monoisotopic (exact) mass is 1750 g/mol. The minimum absolute atomic E-state index is 1.23. The van der Waals surface area contributed by atoms with Crippen LogP contribution < -0.4 is 0 Å². The maximum atomic E-state index is 2.42. The largest absolute Gasteiger partial charge is 0.0622 e. The first-order chi connectivity index (χ1) is 68.5. The summed E-state index contributed by atoms with van der Waals surface area (Å²) in [6.45, 7) is 0. The summed E-state index contributed by atoms with van der Waals surface area (Å²) >= 11 is 0. The summed E-state index contributed by atoms with van der Waals surface area (Å²) in [5.74, 6) is 0. The fourth-order valence-electron chi connectivity index (χ4n) is 21.9. The lowest BCUT2D eigenvalue weighted by Gasteiger charge is -2.21. The van der Waals surface area contributed by atoms with Crippen LogP contribution in [0.3, 0.4) is 0 Å². The van der Waals surface area contributed by atoms with Crippen LogP contribution in [0.4, 0.5) is 0 Å². The van der Waals surface area contributed by atoms with E-state index in [1.54, 1.807) is 0 Å². The van der Waals surface area contributed by atoms with E-state index in [1.807, 2.05) is 0 Å². The molecule has 0 saturated carbocycles. The molecule has 0 fully saturated rings. The predicted octanol–water partition coefficient (Wildman–Crippen LogP) is 38.9. The van der Waals surface area contributed by atoms with Crippen molar-refractivity contribution in [1.29, 1.82) is 0 Å². The number of hydrogen-bond donors (Lipinski definition) is 0. The van der Waals surface area contributed by atoms with Crippen LogP contribution in [0.15, 0.2) is 546 Å². The first-order valence-corrected chi connectivity index (χ1v) is 47.8. The molecule has 0 aliphatic rings. The van der Waals surface area contributed by atoms with Gasteiger partial charge in [-0.25, -0.2) is 0 Å². The maximum Gasteiger partial charge on any atom is -0.00199 e. The minimum atomic E-state index is 1.23. The molecule has 27 rings (SSSR count). The van der Waals surface area contributed by atoms with E-state index < -0.39 is 0 Å². The molecule has 0 N–H and O–H groups in total. The van der Waals surface area contributed by atoms with Crippen molar-refractivity contribution < 1.29 is 0 Å². The molecule has 0 spiro atoms. The van der Waals surface area contributed by atoms with E-state index >= 15 is 0 Å². The van der Waals surface area contributed by atoms with Crippen LogP contribution in [0.25, 0.3) is 263 Å². The highest BCUT2D eigenvalue weighted by molar-refractivity contribution is 6.27. The molecule has 0 aliphatic carbocycles. The van der Waals surface area contributed by atoms with Crippen LogP contribution in [0.1, 0.15) is 0 Å². The summed E-state index contributed by atoms with van der Waals surface area (Å²) < 4.78 is 0. The molecule has 27 aromatic rings. The fourth-order valence-corrected chi connectivity index (χ4v) is 21.9. The van der Waals surface area contributed by atoms with Crippen LogP contribution in [0, 0.1) is 0 Å². The Hall–Kier alpha value is -17.9. The van der Waals surface area contributed by atoms with Gasteiger partial charge in [0.15, 0.2) is 0 Å². The summed E-state index contributed by atoms with van der Waals surface area (Å²) in [5.41, 5.74) is 30.0. The molecule has 27 aromatic carbocycles. The molecule has 0 aromatic heterocycles. The van der Waals surface area contributed by atoms with Crippen LogP contribution in [-0.2, 0) is 0 Å². The molecule has 0 heteroatoms. The van der Waals surface area contributed by atoms with Crippen molar-refractivity contribution in [2.75, 3.05) is 0 Å². The van der Waals surface area contributed by atoms with Crippen molar-refractivity contribution in [3.05, 3.63) is 546 Å². The molecule has 642 valence electrons. The SMILES string of the molecule is c1ccc(-c2ccc(-c3c4ccccc4c(-c4cc(-c5cccc6ccccc56)c5ccccc5c4)c4ccccc34)cc2)cc1.c1ccc(-c2ccc(-c3c4ccccc4c(-c4cc5ccccc5cc4-c4ccc5ccccc5c4)c4ccccc34)cc2)cc1.c1ccc(-c2ccc(-c3c4ccccc4c(-c4cc5ccccc5cc4-c4cccc5ccccc45)c4ccccc34)cc2)cc1. The molecule has 0 bridgehead atoms. The molecule has 138 heavy (non-hydrogen) atoms. The first-order valence-electron chi connectivity index (χ1n) is 47.8. The lowest BCUT2D eigenvalue weighted by molar-refractivity contribution is 1.61. The lowest BCUT2D eigenvalue weighted by atomic mass is 9.82. The van der Waals surface area contributed by atoms with Crippen molar-refractivity contribution in [2.24, 2.45) is 0 Å². The number of benzene rings is 27. The zero-order chi connectivity index (χ0) is 91.4. The Kier molecular flexibility index (Phi) is 21.1. The Balaban J connectivity index is 0.000000110. The highest BCUT2D eigenvalue weighted by Crippen LogP contribution is 2.53. The molecule has 0 saturated heterocycles. The van der Waals surface area contributed by atoms with Crippen molar-refractivity contribution in [2.45, 2.75) is 0 Å². The Labute approximate surface area is 802 Å². The molecule has 0 amide bonds. The van der Waals surface area contributed by atoms with E-state index in [4.69, 9.17) is 0 Å². The molecular formula is C138H90. The van der Waals surface area contributed by atoms with Gasteiger partial charge in [-0.15, -0.1) is 0 Å². The zero-order valence-electron chi connectivity index (χ0n) is 76.0. The van der Waals surface area contributed by atoms with Gasteiger partial charge in [0.2, 0.25) is 0 Å². The molecule has 0 atom stereocenters. The van der Waals surface area contributed by atoms with Crippen molar-refractivity contribution >= 4 is 129 Å². The highest BCUT2D eigenvalue weighted by Gasteiger charge is 2.26. The van der Waals surface area contributed by atoms with Crippen LogP contribution >= 0.6 is 0 Å². The Morgan fingerprint density at radius 3 is 0.630 bits per heavy atom. The van der Waals surface area contributed by atoms with E-state index in [1.165, 1.54) is 263 Å². The van der Waals surface area contributed by atoms with Crippen molar-refractivity contribution in [3.63, 3.8) is 0 Å². The van der Waals surface area contributed by atoms with Crippen molar-refractivity contribution in [1.82, 2.24) is 0 Å². The van der Waals surface area contributed by atoms with Gasteiger partial charge in [-0.2, -0.15) is 0 Å². The summed E-state index contributed by atoms with van der Waals surface area (Å²) in [4.78, 5) is 0. The number of rotatable bonds is 12. The number of fused-ring (bicyclic) bond motifs is 12. The third-order valence-electron chi connectivity index (χ3n) is 28.3. The highest BCUT2D eigenvalue weighted by atomic mass is 14.3. The van der Waals surface area contributed by atoms with Crippen LogP contribution in [0.5, 0.6) is 0 Å². The minimum Gasteiger partial charge on any atom is -0.0622 e. The van der Waals surface area contributed by atoms with Crippen molar-refractivity contribution in [3.8, 4) is 134 Å². The Morgan fingerprint density at radius 2 is 0.283 bits per heavy atom. The van der Waals surface area contributed by atoms with E-state index in [2.05, 4.69) is 546 Å². The molecule has 0 aliphatic heterocycles. The summed E-state index contributed by atoms with van der Waals surface area (Å²) in [6.07, 6.45) is 0. The fraction of sp³-hybridized carbons (Fsp3) is 0. The standard InChI is InChI=1S/3C46H30/c1-2-13-31(14-3-1)32-25-27-34(28-26-32)45-40-20-8-10-22-42(40)46(43-23-11-9-21-41(43)45)36-29-35-16-5-7-19-38(35)44(30-36)39-24-12-17-33-15-4-6-18-37(33)39;1-2-13-31(14-3-1)32-25-27-34(28-26-32)45-39-20-8-10-22-41(39)46(42-23-11-9-21-40(42)45)44-30-36-17-5-4-16-35(36)29-43(44)38-24-12-18-33-15-6-7-19-37(33)38;1-2-12-31(13-3-1)33-22-25-34(26-23-33)45-39-18-8-10-20-41(39)46(42-21-11-9-19-40(42)45)44-30-37-17-7-6-16-36(37)29-43(44)38-27-24-32-14-4-5-15-35(32)28-38/h3*1-30H. The van der Waals surface area contributed by atoms with E-state index in [0.29, 0.717) is 0 Å². The summed E-state index contributed by atoms with van der Waals surface area (Å²) in [5, 5.41) is 30.3. The van der Waals surface area contributed by atoms with Gasteiger partial charge in [0, 0.05) is 0 Å². The number of hydrogen-bond acceptors (Lipinski definition) is 0. The Morgan fingerprint density at radius 1 is 0.0725 bits per heavy atom. The average Bonchev–Trinajstić information content (AvgIpc) is 0.731. The smallest absolute Gasteiger partial charge is 0.00199 e. The van der Waals surface area contributed by atoms with Gasteiger partial charge in [-0.1, -0.05) is 504 Å². The third kappa shape index (κ3) is 14.9. The molecule has 0 unspecified atom stereocenters. The zero-order valence-corrected chi connectivity index (χ0v) is 76.0. The van der Waals surface area contributed by atoms with Crippen LogP contribution in [-0.4, -0.2) is 0 Å². The molecular weight excluding hydrogens is 1660 g/mol. The van der Waals surface area contributed by atoms with Gasteiger partial charge < -0.3 is 0 Å². The van der Waals surface area contributed by atoms with E-state index in [9.17, 15) is 0 Å². The van der Waals surface area contributed by atoms with Gasteiger partial charge >= 0.3 is 0 Å². The normalized spacial score (nSPS) is 11.5. The maximum absolute atomic E-state index is 2.42.